The maximum absolute atomic E-state index is 12.4. The molecule has 2 aromatic rings. The molecule has 1 aromatic carbocycles. The molecule has 0 radical (unpaired) electrons. The van der Waals surface area contributed by atoms with Crippen LogP contribution in [0.2, 0.25) is 0 Å². The molecule has 0 aliphatic carbocycles. The van der Waals surface area contributed by atoms with Crippen LogP contribution in [0.4, 0.5) is 0 Å². The third-order valence-electron chi connectivity index (χ3n) is 4.41. The fraction of sp³-hybridized carbons (Fsp3) is 0.400. The summed E-state index contributed by atoms with van der Waals surface area (Å²) in [6.07, 6.45) is 3.90. The molecule has 0 saturated carbocycles. The van der Waals surface area contributed by atoms with Gasteiger partial charge in [-0.05, 0) is 62.7 Å². The van der Waals surface area contributed by atoms with Gasteiger partial charge in [0.1, 0.15) is 11.5 Å². The lowest BCUT2D eigenvalue weighted by Crippen LogP contribution is -2.44. The van der Waals surface area contributed by atoms with Crippen LogP contribution in [0.25, 0.3) is 0 Å². The van der Waals surface area contributed by atoms with Crippen molar-refractivity contribution in [1.29, 1.82) is 0 Å². The highest BCUT2D eigenvalue weighted by Crippen LogP contribution is 2.22. The molecule has 26 heavy (non-hydrogen) atoms. The number of ether oxygens (including phenoxy) is 2. The van der Waals surface area contributed by atoms with Gasteiger partial charge in [-0.3, -0.25) is 4.79 Å². The van der Waals surface area contributed by atoms with E-state index in [4.69, 9.17) is 9.47 Å². The van der Waals surface area contributed by atoms with Gasteiger partial charge in [0.2, 0.25) is 5.88 Å². The van der Waals surface area contributed by atoms with Crippen molar-refractivity contribution < 1.29 is 14.3 Å². The van der Waals surface area contributed by atoms with Crippen LogP contribution in [0.1, 0.15) is 12.8 Å². The Bertz CT molecular complexity index is 689. The SMILES string of the molecule is CNCC1CCCN(C(=O)COc2ccc(Oc3ccccn3)cc2)C1. The molecule has 1 unspecified atom stereocenters. The Hall–Kier alpha value is -2.60. The molecule has 0 bridgehead atoms. The van der Waals surface area contributed by atoms with E-state index in [2.05, 4.69) is 10.3 Å². The molecule has 1 amide bonds. The average Bonchev–Trinajstić information content (AvgIpc) is 2.68. The first-order valence-corrected chi connectivity index (χ1v) is 8.98. The van der Waals surface area contributed by atoms with Crippen molar-refractivity contribution >= 4 is 5.91 Å². The van der Waals surface area contributed by atoms with Crippen LogP contribution in [0.3, 0.4) is 0 Å². The van der Waals surface area contributed by atoms with Crippen molar-refractivity contribution in [3.8, 4) is 17.4 Å². The number of aromatic nitrogens is 1. The molecule has 1 N–H and O–H groups in total. The number of carbonyl (C=O) groups excluding carboxylic acids is 1. The largest absolute Gasteiger partial charge is 0.484 e. The Labute approximate surface area is 154 Å². The lowest BCUT2D eigenvalue weighted by atomic mass is 9.98. The number of likely N-dealkylation sites (tertiary alicyclic amines) is 1. The third kappa shape index (κ3) is 5.20. The van der Waals surface area contributed by atoms with Crippen LogP contribution in [0.5, 0.6) is 17.4 Å². The van der Waals surface area contributed by atoms with Crippen molar-refractivity contribution in [1.82, 2.24) is 15.2 Å². The molecule has 1 atom stereocenters. The van der Waals surface area contributed by atoms with Crippen LogP contribution in [-0.2, 0) is 4.79 Å². The zero-order valence-corrected chi connectivity index (χ0v) is 15.1. The number of amides is 1. The van der Waals surface area contributed by atoms with Crippen molar-refractivity contribution in [2.24, 2.45) is 5.92 Å². The third-order valence-corrected chi connectivity index (χ3v) is 4.41. The Morgan fingerprint density at radius 3 is 2.77 bits per heavy atom. The monoisotopic (exact) mass is 355 g/mol. The lowest BCUT2D eigenvalue weighted by molar-refractivity contribution is -0.135. The molecule has 1 saturated heterocycles. The summed E-state index contributed by atoms with van der Waals surface area (Å²) in [5.74, 6) is 2.43. The number of rotatable bonds is 7. The summed E-state index contributed by atoms with van der Waals surface area (Å²) < 4.78 is 11.3. The van der Waals surface area contributed by atoms with Gasteiger partial charge in [-0.1, -0.05) is 6.07 Å². The summed E-state index contributed by atoms with van der Waals surface area (Å²) in [5.41, 5.74) is 0. The quantitative estimate of drug-likeness (QED) is 0.827. The molecule has 1 fully saturated rings. The molecule has 1 aliphatic rings. The number of pyridine rings is 1. The standard InChI is InChI=1S/C20H25N3O3/c1-21-13-16-5-4-12-23(14-16)20(24)15-25-17-7-9-18(10-8-17)26-19-6-2-3-11-22-19/h2-3,6-11,16,21H,4-5,12-15H2,1H3. The number of benzene rings is 1. The van der Waals surface area contributed by atoms with Gasteiger partial charge in [0.05, 0.1) is 0 Å². The minimum absolute atomic E-state index is 0.0413. The molecule has 1 aromatic heterocycles. The highest BCUT2D eigenvalue weighted by Gasteiger charge is 2.23. The minimum Gasteiger partial charge on any atom is -0.484 e. The highest BCUT2D eigenvalue weighted by molar-refractivity contribution is 5.77. The van der Waals surface area contributed by atoms with Gasteiger partial charge in [-0.15, -0.1) is 0 Å². The van der Waals surface area contributed by atoms with Gasteiger partial charge in [-0.2, -0.15) is 0 Å². The Kier molecular flexibility index (Phi) is 6.44. The van der Waals surface area contributed by atoms with E-state index >= 15 is 0 Å². The normalized spacial score (nSPS) is 17.0. The van der Waals surface area contributed by atoms with Crippen molar-refractivity contribution in [3.05, 3.63) is 48.7 Å². The Morgan fingerprint density at radius 2 is 2.04 bits per heavy atom. The molecule has 1 aliphatic heterocycles. The number of carbonyl (C=O) groups is 1. The van der Waals surface area contributed by atoms with Crippen LogP contribution in [0, 0.1) is 5.92 Å². The topological polar surface area (TPSA) is 63.7 Å². The summed E-state index contributed by atoms with van der Waals surface area (Å²) >= 11 is 0. The van der Waals surface area contributed by atoms with Crippen LogP contribution >= 0.6 is 0 Å². The van der Waals surface area contributed by atoms with E-state index in [1.165, 1.54) is 6.42 Å². The molecule has 3 rings (SSSR count). The fourth-order valence-electron chi connectivity index (χ4n) is 3.12. The van der Waals surface area contributed by atoms with Crippen molar-refractivity contribution in [3.63, 3.8) is 0 Å². The second kappa shape index (κ2) is 9.20. The smallest absolute Gasteiger partial charge is 0.260 e. The summed E-state index contributed by atoms with van der Waals surface area (Å²) in [6, 6.07) is 12.7. The molecule has 138 valence electrons. The van der Waals surface area contributed by atoms with E-state index in [0.29, 0.717) is 23.3 Å². The second-order valence-corrected chi connectivity index (χ2v) is 6.44. The van der Waals surface area contributed by atoms with Gasteiger partial charge < -0.3 is 19.7 Å². The average molecular weight is 355 g/mol. The van der Waals surface area contributed by atoms with Gasteiger partial charge in [0, 0.05) is 25.4 Å². The minimum atomic E-state index is 0.0413. The summed E-state index contributed by atoms with van der Waals surface area (Å²) in [7, 11) is 1.95. The van der Waals surface area contributed by atoms with E-state index in [-0.39, 0.29) is 12.5 Å². The van der Waals surface area contributed by atoms with Crippen LogP contribution in [0.15, 0.2) is 48.7 Å². The highest BCUT2D eigenvalue weighted by atomic mass is 16.5. The Morgan fingerprint density at radius 1 is 1.23 bits per heavy atom. The first-order chi connectivity index (χ1) is 12.7. The summed E-state index contributed by atoms with van der Waals surface area (Å²) in [5, 5.41) is 3.19. The molecule has 6 nitrogen and oxygen atoms in total. The zero-order valence-electron chi connectivity index (χ0n) is 15.1. The fourth-order valence-corrected chi connectivity index (χ4v) is 3.12. The van der Waals surface area contributed by atoms with E-state index in [9.17, 15) is 4.79 Å². The summed E-state index contributed by atoms with van der Waals surface area (Å²) in [4.78, 5) is 18.4. The van der Waals surface area contributed by atoms with Gasteiger partial charge in [-0.25, -0.2) is 4.98 Å². The first kappa shape index (κ1) is 18.2. The maximum Gasteiger partial charge on any atom is 0.260 e. The number of hydrogen-bond donors (Lipinski definition) is 1. The van der Waals surface area contributed by atoms with E-state index < -0.39 is 0 Å². The van der Waals surface area contributed by atoms with Crippen LogP contribution in [-0.4, -0.2) is 49.1 Å². The summed E-state index contributed by atoms with van der Waals surface area (Å²) in [6.45, 7) is 2.63. The van der Waals surface area contributed by atoms with E-state index in [1.807, 2.05) is 24.1 Å². The van der Waals surface area contributed by atoms with Crippen molar-refractivity contribution in [2.75, 3.05) is 33.3 Å². The number of hydrogen-bond acceptors (Lipinski definition) is 5. The maximum atomic E-state index is 12.4. The molecule has 6 heteroatoms. The molecule has 0 spiro atoms. The predicted octanol–water partition coefficient (Wildman–Crippen LogP) is 2.71. The van der Waals surface area contributed by atoms with E-state index in [0.717, 1.165) is 26.1 Å². The van der Waals surface area contributed by atoms with Crippen molar-refractivity contribution in [2.45, 2.75) is 12.8 Å². The van der Waals surface area contributed by atoms with Gasteiger partial charge in [0.25, 0.3) is 5.91 Å². The predicted molar refractivity (Wildman–Crippen MR) is 99.5 cm³/mol. The number of nitrogens with zero attached hydrogens (tertiary/aromatic N) is 2. The zero-order chi connectivity index (χ0) is 18.2. The lowest BCUT2D eigenvalue weighted by Gasteiger charge is -2.32. The molecule has 2 heterocycles. The molecular formula is C20H25N3O3. The molecular weight excluding hydrogens is 330 g/mol. The van der Waals surface area contributed by atoms with Crippen LogP contribution < -0.4 is 14.8 Å². The van der Waals surface area contributed by atoms with Gasteiger partial charge >= 0.3 is 0 Å². The number of nitrogens with one attached hydrogen (secondary N) is 1. The second-order valence-electron chi connectivity index (χ2n) is 6.44. The van der Waals surface area contributed by atoms with Gasteiger partial charge in [0.15, 0.2) is 6.61 Å². The van der Waals surface area contributed by atoms with E-state index in [1.54, 1.807) is 36.5 Å². The number of piperidine rings is 1. The Balaban J connectivity index is 1.47. The first-order valence-electron chi connectivity index (χ1n) is 8.98.